The molecule has 0 saturated carbocycles. The molecule has 194 valence electrons. The van der Waals surface area contributed by atoms with Crippen LogP contribution in [0.2, 0.25) is 0 Å². The molecular formula is C31H32N4O2S. The Morgan fingerprint density at radius 3 is 2.39 bits per heavy atom. The van der Waals surface area contributed by atoms with Gasteiger partial charge in [0.1, 0.15) is 0 Å². The van der Waals surface area contributed by atoms with E-state index in [9.17, 15) is 9.90 Å². The number of aryl methyl sites for hydroxylation is 2. The number of carboxylic acid groups (broad SMARTS) is 1. The van der Waals surface area contributed by atoms with E-state index in [0.717, 1.165) is 39.6 Å². The molecule has 3 heterocycles. The molecule has 2 aromatic heterocycles. The Morgan fingerprint density at radius 2 is 1.76 bits per heavy atom. The van der Waals surface area contributed by atoms with Crippen LogP contribution < -0.4 is 10.2 Å². The molecule has 1 fully saturated rings. The minimum atomic E-state index is -0.939. The van der Waals surface area contributed by atoms with E-state index in [-0.39, 0.29) is 17.6 Å². The number of carbonyl (C=O) groups is 1. The molecule has 2 unspecified atom stereocenters. The van der Waals surface area contributed by atoms with Crippen LogP contribution in [0, 0.1) is 20.8 Å². The fraction of sp³-hybridized carbons (Fsp3) is 0.258. The molecule has 7 heteroatoms. The summed E-state index contributed by atoms with van der Waals surface area (Å²) in [6.45, 7) is 10.5. The molecule has 2 aromatic carbocycles. The van der Waals surface area contributed by atoms with Gasteiger partial charge in [-0.25, -0.2) is 4.79 Å². The number of nitrogens with one attached hydrogen (secondary N) is 1. The average Bonchev–Trinajstić information content (AvgIpc) is 3.39. The maximum absolute atomic E-state index is 11.7. The average molecular weight is 525 g/mol. The zero-order valence-corrected chi connectivity index (χ0v) is 23.1. The Labute approximate surface area is 229 Å². The zero-order chi connectivity index (χ0) is 27.1. The highest BCUT2D eigenvalue weighted by Gasteiger charge is 2.42. The third-order valence-electron chi connectivity index (χ3n) is 7.42. The van der Waals surface area contributed by atoms with Gasteiger partial charge in [0, 0.05) is 29.0 Å². The van der Waals surface area contributed by atoms with Crippen LogP contribution in [0.5, 0.6) is 0 Å². The molecule has 0 radical (unpaired) electrons. The fourth-order valence-corrected chi connectivity index (χ4v) is 5.76. The van der Waals surface area contributed by atoms with Gasteiger partial charge in [0.15, 0.2) is 5.11 Å². The van der Waals surface area contributed by atoms with Gasteiger partial charge in [-0.05, 0) is 98.1 Å². The molecule has 5 rings (SSSR count). The number of carboxylic acids is 1. The van der Waals surface area contributed by atoms with Gasteiger partial charge < -0.3 is 19.9 Å². The predicted molar refractivity (Wildman–Crippen MR) is 155 cm³/mol. The quantitative estimate of drug-likeness (QED) is 0.271. The molecular weight excluding hydrogens is 492 g/mol. The first-order valence-electron chi connectivity index (χ1n) is 12.8. The SMILES string of the molecule is Cc1ccc(C(=O)O)cc1-n1c(C)cc(C2C(c3ccccn3)NC(=S)N2c2ccc(C(C)C)cc2)c1C. The van der Waals surface area contributed by atoms with Gasteiger partial charge in [-0.3, -0.25) is 4.98 Å². The van der Waals surface area contributed by atoms with Gasteiger partial charge in [0.05, 0.1) is 23.3 Å². The first kappa shape index (κ1) is 25.7. The first-order valence-corrected chi connectivity index (χ1v) is 13.2. The van der Waals surface area contributed by atoms with Crippen molar-refractivity contribution in [1.29, 1.82) is 0 Å². The van der Waals surface area contributed by atoms with Crippen LogP contribution in [-0.4, -0.2) is 25.7 Å². The van der Waals surface area contributed by atoms with Crippen molar-refractivity contribution in [3.63, 3.8) is 0 Å². The van der Waals surface area contributed by atoms with E-state index in [1.807, 2.05) is 31.2 Å². The largest absolute Gasteiger partial charge is 0.478 e. The van der Waals surface area contributed by atoms with Crippen LogP contribution >= 0.6 is 12.2 Å². The van der Waals surface area contributed by atoms with Crippen LogP contribution in [-0.2, 0) is 0 Å². The highest BCUT2D eigenvalue weighted by Crippen LogP contribution is 2.44. The summed E-state index contributed by atoms with van der Waals surface area (Å²) in [5.41, 5.74) is 8.51. The maximum atomic E-state index is 11.7. The van der Waals surface area contributed by atoms with Gasteiger partial charge in [-0.1, -0.05) is 38.1 Å². The highest BCUT2D eigenvalue weighted by molar-refractivity contribution is 7.80. The summed E-state index contributed by atoms with van der Waals surface area (Å²) >= 11 is 5.92. The van der Waals surface area contributed by atoms with Crippen molar-refractivity contribution in [1.82, 2.24) is 14.9 Å². The van der Waals surface area contributed by atoms with Crippen molar-refractivity contribution < 1.29 is 9.90 Å². The lowest BCUT2D eigenvalue weighted by Gasteiger charge is -2.28. The Bertz CT molecular complexity index is 1510. The molecule has 1 aliphatic rings. The Kier molecular flexibility index (Phi) is 6.80. The molecule has 0 bridgehead atoms. The number of thiocarbonyl (C=S) groups is 1. The lowest BCUT2D eigenvalue weighted by Crippen LogP contribution is -2.29. The van der Waals surface area contributed by atoms with Gasteiger partial charge in [0.2, 0.25) is 0 Å². The van der Waals surface area contributed by atoms with Crippen LogP contribution in [0.3, 0.4) is 0 Å². The van der Waals surface area contributed by atoms with E-state index in [2.05, 4.69) is 77.8 Å². The van der Waals surface area contributed by atoms with Crippen molar-refractivity contribution in [2.45, 2.75) is 52.6 Å². The molecule has 2 N–H and O–H groups in total. The summed E-state index contributed by atoms with van der Waals surface area (Å²) in [4.78, 5) is 18.6. The van der Waals surface area contributed by atoms with Crippen molar-refractivity contribution >= 4 is 29.0 Å². The van der Waals surface area contributed by atoms with Crippen molar-refractivity contribution in [3.8, 4) is 5.69 Å². The van der Waals surface area contributed by atoms with Crippen LogP contribution in [0.1, 0.15) is 76.0 Å². The van der Waals surface area contributed by atoms with E-state index in [1.165, 1.54) is 5.56 Å². The molecule has 0 aliphatic carbocycles. The van der Waals surface area contributed by atoms with Gasteiger partial charge in [0.25, 0.3) is 0 Å². The molecule has 4 aromatic rings. The third kappa shape index (κ3) is 4.47. The molecule has 0 spiro atoms. The third-order valence-corrected chi connectivity index (χ3v) is 7.74. The van der Waals surface area contributed by atoms with Gasteiger partial charge in [-0.2, -0.15) is 0 Å². The Hall–Kier alpha value is -3.97. The molecule has 1 aliphatic heterocycles. The van der Waals surface area contributed by atoms with E-state index in [1.54, 1.807) is 18.3 Å². The summed E-state index contributed by atoms with van der Waals surface area (Å²) in [5, 5.41) is 13.8. The summed E-state index contributed by atoms with van der Waals surface area (Å²) in [6.07, 6.45) is 1.81. The van der Waals surface area contributed by atoms with E-state index >= 15 is 0 Å². The number of pyridine rings is 1. The predicted octanol–water partition coefficient (Wildman–Crippen LogP) is 6.80. The van der Waals surface area contributed by atoms with Crippen molar-refractivity contribution in [2.24, 2.45) is 0 Å². The Balaban J connectivity index is 1.68. The van der Waals surface area contributed by atoms with Crippen LogP contribution in [0.25, 0.3) is 5.69 Å². The van der Waals surface area contributed by atoms with Crippen molar-refractivity contribution in [2.75, 3.05) is 4.90 Å². The van der Waals surface area contributed by atoms with Crippen molar-refractivity contribution in [3.05, 3.63) is 112 Å². The lowest BCUT2D eigenvalue weighted by atomic mass is 9.96. The molecule has 1 saturated heterocycles. The number of anilines is 1. The molecule has 2 atom stereocenters. The fourth-order valence-electron chi connectivity index (χ4n) is 5.41. The highest BCUT2D eigenvalue weighted by atomic mass is 32.1. The lowest BCUT2D eigenvalue weighted by molar-refractivity contribution is 0.0697. The standard InChI is InChI=1S/C31H32N4O2S/c1-18(2)22-11-13-24(14-12-22)35-29(28(33-31(35)38)26-8-6-7-15-32-26)25-16-20(4)34(21(25)5)27-17-23(30(36)37)10-9-19(27)3/h6-18,28-29H,1-5H3,(H,33,38)(H,36,37). The number of nitrogens with zero attached hydrogens (tertiary/aromatic N) is 3. The maximum Gasteiger partial charge on any atom is 0.335 e. The second-order valence-electron chi connectivity index (χ2n) is 10.2. The minimum Gasteiger partial charge on any atom is -0.478 e. The minimum absolute atomic E-state index is 0.148. The molecule has 0 amide bonds. The summed E-state index contributed by atoms with van der Waals surface area (Å²) in [6, 6.07) is 21.7. The first-order chi connectivity index (χ1) is 18.2. The van der Waals surface area contributed by atoms with Crippen LogP contribution in [0.15, 0.2) is 72.9 Å². The Morgan fingerprint density at radius 1 is 1.03 bits per heavy atom. The second kappa shape index (κ2) is 10.1. The zero-order valence-electron chi connectivity index (χ0n) is 22.3. The second-order valence-corrected chi connectivity index (χ2v) is 10.6. The van der Waals surface area contributed by atoms with E-state index in [4.69, 9.17) is 12.2 Å². The number of hydrogen-bond donors (Lipinski definition) is 2. The monoisotopic (exact) mass is 524 g/mol. The van der Waals surface area contributed by atoms with Gasteiger partial charge >= 0.3 is 5.97 Å². The topological polar surface area (TPSA) is 70.4 Å². The number of hydrogen-bond acceptors (Lipinski definition) is 3. The van der Waals surface area contributed by atoms with E-state index in [0.29, 0.717) is 11.0 Å². The number of aromatic carboxylic acids is 1. The summed E-state index contributed by atoms with van der Waals surface area (Å²) in [7, 11) is 0. The summed E-state index contributed by atoms with van der Waals surface area (Å²) in [5.74, 6) is -0.501. The van der Waals surface area contributed by atoms with Crippen LogP contribution in [0.4, 0.5) is 5.69 Å². The number of rotatable bonds is 6. The number of benzene rings is 2. The normalized spacial score (nSPS) is 17.2. The smallest absolute Gasteiger partial charge is 0.335 e. The summed E-state index contributed by atoms with van der Waals surface area (Å²) < 4.78 is 2.15. The van der Waals surface area contributed by atoms with Gasteiger partial charge in [-0.15, -0.1) is 0 Å². The molecule has 6 nitrogen and oxygen atoms in total. The molecule has 38 heavy (non-hydrogen) atoms. The number of aromatic nitrogens is 2. The van der Waals surface area contributed by atoms with E-state index < -0.39 is 5.97 Å².